The third-order valence-corrected chi connectivity index (χ3v) is 3.10. The first-order valence-corrected chi connectivity index (χ1v) is 5.44. The highest BCUT2D eigenvalue weighted by molar-refractivity contribution is 5.82. The molecule has 0 aromatic carbocycles. The molecule has 1 saturated heterocycles. The van der Waals surface area contributed by atoms with Crippen LogP contribution in [0.1, 0.15) is 13.8 Å². The second-order valence-electron chi connectivity index (χ2n) is 4.53. The average Bonchev–Trinajstić information content (AvgIpc) is 2.20. The molecule has 5 nitrogen and oxygen atoms in total. The van der Waals surface area contributed by atoms with Crippen molar-refractivity contribution in [2.75, 3.05) is 33.2 Å². The molecule has 1 aliphatic rings. The molecule has 3 N–H and O–H groups in total. The van der Waals surface area contributed by atoms with Gasteiger partial charge < -0.3 is 15.8 Å². The Labute approximate surface area is 91.5 Å². The molecule has 1 aliphatic heterocycles. The van der Waals surface area contributed by atoms with Crippen molar-refractivity contribution in [1.82, 2.24) is 9.80 Å². The van der Waals surface area contributed by atoms with E-state index in [2.05, 4.69) is 28.9 Å². The maximum Gasteiger partial charge on any atom is 0.143 e. The average molecular weight is 214 g/mol. The molecular formula is C10H22N4O. The molecule has 2 unspecified atom stereocenters. The predicted octanol–water partition coefficient (Wildman–Crippen LogP) is 0.00480. The minimum atomic E-state index is 0.112. The molecular weight excluding hydrogens is 192 g/mol. The topological polar surface area (TPSA) is 65.1 Å². The number of likely N-dealkylation sites (N-methyl/N-ethyl adjacent to an activating group) is 1. The summed E-state index contributed by atoms with van der Waals surface area (Å²) < 4.78 is 0. The second kappa shape index (κ2) is 5.32. The van der Waals surface area contributed by atoms with Crippen LogP contribution in [0.15, 0.2) is 5.16 Å². The Hall–Kier alpha value is -0.810. The molecule has 0 saturated carbocycles. The lowest BCUT2D eigenvalue weighted by Crippen LogP contribution is -2.52. The fourth-order valence-electron chi connectivity index (χ4n) is 1.99. The highest BCUT2D eigenvalue weighted by atomic mass is 16.4. The van der Waals surface area contributed by atoms with Crippen LogP contribution in [0.5, 0.6) is 0 Å². The first-order valence-electron chi connectivity index (χ1n) is 5.44. The number of rotatable bonds is 3. The Bertz CT molecular complexity index is 231. The van der Waals surface area contributed by atoms with Crippen LogP contribution in [0.3, 0.4) is 0 Å². The Morgan fingerprint density at radius 2 is 2.27 bits per heavy atom. The number of hydrogen-bond acceptors (Lipinski definition) is 4. The van der Waals surface area contributed by atoms with Crippen LogP contribution in [0.2, 0.25) is 0 Å². The molecule has 0 aromatic heterocycles. The summed E-state index contributed by atoms with van der Waals surface area (Å²) >= 11 is 0. The molecule has 2 atom stereocenters. The lowest BCUT2D eigenvalue weighted by atomic mass is 10.1. The molecule has 0 aliphatic carbocycles. The Morgan fingerprint density at radius 1 is 1.60 bits per heavy atom. The van der Waals surface area contributed by atoms with E-state index in [1.54, 1.807) is 0 Å². The van der Waals surface area contributed by atoms with Gasteiger partial charge in [-0.05, 0) is 14.0 Å². The second-order valence-corrected chi connectivity index (χ2v) is 4.53. The summed E-state index contributed by atoms with van der Waals surface area (Å²) in [6.07, 6.45) is 0. The van der Waals surface area contributed by atoms with E-state index in [1.165, 1.54) is 0 Å². The summed E-state index contributed by atoms with van der Waals surface area (Å²) in [4.78, 5) is 4.72. The highest BCUT2D eigenvalue weighted by Crippen LogP contribution is 2.10. The van der Waals surface area contributed by atoms with E-state index >= 15 is 0 Å². The molecule has 1 fully saturated rings. The largest absolute Gasteiger partial charge is 0.409 e. The van der Waals surface area contributed by atoms with E-state index in [4.69, 9.17) is 10.9 Å². The lowest BCUT2D eigenvalue weighted by molar-refractivity contribution is 0.0940. The summed E-state index contributed by atoms with van der Waals surface area (Å²) in [7, 11) is 2.14. The van der Waals surface area contributed by atoms with Gasteiger partial charge in [-0.15, -0.1) is 0 Å². The maximum absolute atomic E-state index is 8.58. The van der Waals surface area contributed by atoms with Crippen molar-refractivity contribution in [2.45, 2.75) is 19.9 Å². The Kier molecular flexibility index (Phi) is 4.35. The summed E-state index contributed by atoms with van der Waals surface area (Å²) in [6, 6.07) is 0.540. The van der Waals surface area contributed by atoms with Gasteiger partial charge in [-0.3, -0.25) is 4.90 Å². The van der Waals surface area contributed by atoms with Gasteiger partial charge in [0.1, 0.15) is 5.84 Å². The summed E-state index contributed by atoms with van der Waals surface area (Å²) in [5, 5.41) is 11.6. The molecule has 5 heteroatoms. The Balaban J connectivity index is 2.44. The Morgan fingerprint density at radius 3 is 2.80 bits per heavy atom. The fourth-order valence-corrected chi connectivity index (χ4v) is 1.99. The molecule has 1 heterocycles. The van der Waals surface area contributed by atoms with Crippen LogP contribution in [-0.2, 0) is 0 Å². The number of amidine groups is 1. The van der Waals surface area contributed by atoms with E-state index < -0.39 is 0 Å². The highest BCUT2D eigenvalue weighted by Gasteiger charge is 2.23. The van der Waals surface area contributed by atoms with Crippen molar-refractivity contribution in [1.29, 1.82) is 0 Å². The number of nitrogens with zero attached hydrogens (tertiary/aromatic N) is 3. The van der Waals surface area contributed by atoms with Crippen molar-refractivity contribution in [3.63, 3.8) is 0 Å². The number of nitrogens with two attached hydrogens (primary N) is 1. The minimum Gasteiger partial charge on any atom is -0.409 e. The zero-order valence-corrected chi connectivity index (χ0v) is 9.85. The van der Waals surface area contributed by atoms with Gasteiger partial charge in [0.2, 0.25) is 0 Å². The maximum atomic E-state index is 8.58. The van der Waals surface area contributed by atoms with E-state index in [0.717, 1.165) is 26.2 Å². The molecule has 88 valence electrons. The number of piperazine rings is 1. The lowest BCUT2D eigenvalue weighted by Gasteiger charge is -2.39. The quantitative estimate of drug-likeness (QED) is 0.300. The summed E-state index contributed by atoms with van der Waals surface area (Å²) in [6.45, 7) is 8.30. The van der Waals surface area contributed by atoms with Crippen LogP contribution in [-0.4, -0.2) is 60.1 Å². The molecule has 0 spiro atoms. The van der Waals surface area contributed by atoms with Crippen molar-refractivity contribution >= 4 is 5.84 Å². The number of oxime groups is 1. The molecule has 15 heavy (non-hydrogen) atoms. The van der Waals surface area contributed by atoms with Crippen LogP contribution in [0.25, 0.3) is 0 Å². The normalized spacial score (nSPS) is 27.9. The third kappa shape index (κ3) is 3.35. The van der Waals surface area contributed by atoms with Crippen molar-refractivity contribution in [3.05, 3.63) is 0 Å². The SMILES string of the molecule is CC(CN1CCN(C)CC1C)C(N)=NO. The zero-order valence-electron chi connectivity index (χ0n) is 9.85. The van der Waals surface area contributed by atoms with Crippen molar-refractivity contribution in [2.24, 2.45) is 16.8 Å². The summed E-state index contributed by atoms with van der Waals surface area (Å²) in [5.74, 6) is 0.432. The molecule has 0 radical (unpaired) electrons. The van der Waals surface area contributed by atoms with Crippen LogP contribution in [0.4, 0.5) is 0 Å². The smallest absolute Gasteiger partial charge is 0.143 e. The molecule has 1 rings (SSSR count). The summed E-state index contributed by atoms with van der Waals surface area (Å²) in [5.41, 5.74) is 5.57. The molecule has 0 amide bonds. The van der Waals surface area contributed by atoms with Crippen LogP contribution < -0.4 is 5.73 Å². The van der Waals surface area contributed by atoms with E-state index in [0.29, 0.717) is 11.9 Å². The van der Waals surface area contributed by atoms with Crippen LogP contribution >= 0.6 is 0 Å². The van der Waals surface area contributed by atoms with Crippen molar-refractivity contribution < 1.29 is 5.21 Å². The van der Waals surface area contributed by atoms with Gasteiger partial charge >= 0.3 is 0 Å². The van der Waals surface area contributed by atoms with Gasteiger partial charge in [0.15, 0.2) is 0 Å². The van der Waals surface area contributed by atoms with Gasteiger partial charge in [-0.1, -0.05) is 12.1 Å². The monoisotopic (exact) mass is 214 g/mol. The number of hydrogen-bond donors (Lipinski definition) is 2. The first kappa shape index (κ1) is 12.3. The van der Waals surface area contributed by atoms with Gasteiger partial charge in [0, 0.05) is 38.1 Å². The van der Waals surface area contributed by atoms with Crippen LogP contribution in [0, 0.1) is 5.92 Å². The standard InChI is InChI=1S/C10H22N4O/c1-8(10(11)12-15)6-14-5-4-13(3)7-9(14)2/h8-9,15H,4-7H2,1-3H3,(H2,11,12). The zero-order chi connectivity index (χ0) is 11.4. The van der Waals surface area contributed by atoms with E-state index in [9.17, 15) is 0 Å². The predicted molar refractivity (Wildman–Crippen MR) is 61.1 cm³/mol. The van der Waals surface area contributed by atoms with Gasteiger partial charge in [-0.2, -0.15) is 0 Å². The van der Waals surface area contributed by atoms with E-state index in [1.807, 2.05) is 6.92 Å². The minimum absolute atomic E-state index is 0.112. The molecule has 0 bridgehead atoms. The first-order chi connectivity index (χ1) is 7.04. The van der Waals surface area contributed by atoms with Gasteiger partial charge in [0.25, 0.3) is 0 Å². The molecule has 0 aromatic rings. The third-order valence-electron chi connectivity index (χ3n) is 3.10. The van der Waals surface area contributed by atoms with Crippen molar-refractivity contribution in [3.8, 4) is 0 Å². The van der Waals surface area contributed by atoms with E-state index in [-0.39, 0.29) is 5.92 Å². The van der Waals surface area contributed by atoms with Gasteiger partial charge in [0.05, 0.1) is 0 Å². The van der Waals surface area contributed by atoms with Gasteiger partial charge in [-0.25, -0.2) is 0 Å². The fraction of sp³-hybridized carbons (Fsp3) is 0.900.